The number of hydrogen-bond acceptors (Lipinski definition) is 3. The molecule has 1 atom stereocenters. The minimum atomic E-state index is -3.09. The van der Waals surface area contributed by atoms with E-state index in [4.69, 9.17) is 5.73 Å². The van der Waals surface area contributed by atoms with Crippen molar-refractivity contribution in [1.29, 1.82) is 0 Å². The zero-order valence-corrected chi connectivity index (χ0v) is 8.52. The molecular formula is C7H18N2O2S. The van der Waals surface area contributed by atoms with Gasteiger partial charge in [-0.15, -0.1) is 0 Å². The summed E-state index contributed by atoms with van der Waals surface area (Å²) < 4.78 is 24.9. The van der Waals surface area contributed by atoms with Crippen LogP contribution in [0.2, 0.25) is 0 Å². The van der Waals surface area contributed by atoms with Crippen LogP contribution in [0.3, 0.4) is 0 Å². The second-order valence-electron chi connectivity index (χ2n) is 2.93. The average molecular weight is 194 g/mol. The predicted octanol–water partition coefficient (Wildman–Crippen LogP) is 0.0531. The van der Waals surface area contributed by atoms with Crippen molar-refractivity contribution in [3.63, 3.8) is 0 Å². The van der Waals surface area contributed by atoms with E-state index in [1.54, 1.807) is 6.92 Å². The molecule has 0 rings (SSSR count). The van der Waals surface area contributed by atoms with Gasteiger partial charge in [-0.2, -0.15) is 0 Å². The Morgan fingerprint density at radius 1 is 1.50 bits per heavy atom. The van der Waals surface area contributed by atoms with E-state index >= 15 is 0 Å². The van der Waals surface area contributed by atoms with Crippen LogP contribution in [-0.4, -0.2) is 26.8 Å². The molecule has 0 aromatic carbocycles. The van der Waals surface area contributed by atoms with Gasteiger partial charge < -0.3 is 5.73 Å². The zero-order valence-electron chi connectivity index (χ0n) is 7.71. The zero-order chi connectivity index (χ0) is 9.61. The van der Waals surface area contributed by atoms with Gasteiger partial charge in [-0.25, -0.2) is 13.1 Å². The molecule has 0 aromatic heterocycles. The maximum atomic E-state index is 11.2. The van der Waals surface area contributed by atoms with Gasteiger partial charge in [-0.1, -0.05) is 13.3 Å². The lowest BCUT2D eigenvalue weighted by Gasteiger charge is -2.10. The van der Waals surface area contributed by atoms with E-state index in [-0.39, 0.29) is 11.8 Å². The monoisotopic (exact) mass is 194 g/mol. The Morgan fingerprint density at radius 2 is 2.08 bits per heavy atom. The number of nitrogens with two attached hydrogens (primary N) is 1. The Hall–Kier alpha value is -0.130. The fourth-order valence-electron chi connectivity index (χ4n) is 0.748. The van der Waals surface area contributed by atoms with Crippen molar-refractivity contribution in [3.8, 4) is 0 Å². The molecule has 0 saturated heterocycles. The van der Waals surface area contributed by atoms with Crippen molar-refractivity contribution >= 4 is 10.0 Å². The second kappa shape index (κ2) is 5.50. The van der Waals surface area contributed by atoms with E-state index in [1.165, 1.54) is 0 Å². The van der Waals surface area contributed by atoms with Gasteiger partial charge in [0.2, 0.25) is 10.0 Å². The van der Waals surface area contributed by atoms with Gasteiger partial charge in [0, 0.05) is 12.6 Å². The Bertz CT molecular complexity index is 201. The van der Waals surface area contributed by atoms with Gasteiger partial charge in [0.1, 0.15) is 0 Å². The Morgan fingerprint density at radius 3 is 2.50 bits per heavy atom. The van der Waals surface area contributed by atoms with Gasteiger partial charge in [0.15, 0.2) is 0 Å². The van der Waals surface area contributed by atoms with Gasteiger partial charge in [0.25, 0.3) is 0 Å². The highest BCUT2D eigenvalue weighted by molar-refractivity contribution is 7.89. The summed E-state index contributed by atoms with van der Waals surface area (Å²) in [6, 6.07) is -0.160. The largest absolute Gasteiger partial charge is 0.329 e. The van der Waals surface area contributed by atoms with E-state index in [9.17, 15) is 8.42 Å². The molecule has 0 aliphatic heterocycles. The first-order chi connectivity index (χ1) is 5.52. The molecule has 0 heterocycles. The molecule has 0 aliphatic rings. The van der Waals surface area contributed by atoms with Crippen LogP contribution in [0.25, 0.3) is 0 Å². The van der Waals surface area contributed by atoms with Crippen molar-refractivity contribution in [1.82, 2.24) is 4.72 Å². The maximum absolute atomic E-state index is 11.2. The fraction of sp³-hybridized carbons (Fsp3) is 1.00. The van der Waals surface area contributed by atoms with E-state index < -0.39 is 10.0 Å². The first-order valence-corrected chi connectivity index (χ1v) is 5.87. The fourth-order valence-corrected chi connectivity index (χ4v) is 2.24. The average Bonchev–Trinajstić information content (AvgIpc) is 2.00. The molecule has 0 fully saturated rings. The number of hydrogen-bond donors (Lipinski definition) is 2. The quantitative estimate of drug-likeness (QED) is 0.627. The Kier molecular flexibility index (Phi) is 5.44. The minimum Gasteiger partial charge on any atom is -0.329 e. The van der Waals surface area contributed by atoms with Crippen LogP contribution in [0.1, 0.15) is 26.7 Å². The van der Waals surface area contributed by atoms with E-state index in [1.807, 2.05) is 6.92 Å². The molecule has 0 bridgehead atoms. The standard InChI is InChI=1S/C7H18N2O2S/c1-3-4-5-12(10,11)9-7(2)6-8/h7,9H,3-6,8H2,1-2H3/t7-/m1/s1. The lowest BCUT2D eigenvalue weighted by atomic mass is 10.4. The molecule has 0 radical (unpaired) electrons. The third kappa shape index (κ3) is 5.51. The topological polar surface area (TPSA) is 72.2 Å². The summed E-state index contributed by atoms with van der Waals surface area (Å²) >= 11 is 0. The molecule has 4 nitrogen and oxygen atoms in total. The first kappa shape index (κ1) is 11.9. The molecule has 0 saturated carbocycles. The normalized spacial score (nSPS) is 14.6. The highest BCUT2D eigenvalue weighted by Crippen LogP contribution is 1.94. The summed E-state index contributed by atoms with van der Waals surface area (Å²) in [5, 5.41) is 0. The Labute approximate surface area is 74.6 Å². The molecule has 5 heteroatoms. The first-order valence-electron chi connectivity index (χ1n) is 4.22. The molecule has 0 amide bonds. The van der Waals surface area contributed by atoms with Crippen molar-refractivity contribution in [2.45, 2.75) is 32.7 Å². The molecular weight excluding hydrogens is 176 g/mol. The summed E-state index contributed by atoms with van der Waals surface area (Å²) in [6.45, 7) is 4.05. The van der Waals surface area contributed by atoms with Crippen molar-refractivity contribution in [2.75, 3.05) is 12.3 Å². The lowest BCUT2D eigenvalue weighted by molar-refractivity contribution is 0.559. The highest BCUT2D eigenvalue weighted by atomic mass is 32.2. The van der Waals surface area contributed by atoms with E-state index in [2.05, 4.69) is 4.72 Å². The van der Waals surface area contributed by atoms with Crippen LogP contribution < -0.4 is 10.5 Å². The summed E-state index contributed by atoms with van der Waals surface area (Å²) in [6.07, 6.45) is 1.59. The smallest absolute Gasteiger partial charge is 0.211 e. The summed E-state index contributed by atoms with van der Waals surface area (Å²) in [7, 11) is -3.09. The summed E-state index contributed by atoms with van der Waals surface area (Å²) in [4.78, 5) is 0. The predicted molar refractivity (Wildman–Crippen MR) is 50.3 cm³/mol. The molecule has 74 valence electrons. The van der Waals surface area contributed by atoms with Crippen LogP contribution in [0.4, 0.5) is 0 Å². The number of unbranched alkanes of at least 4 members (excludes halogenated alkanes) is 1. The third-order valence-electron chi connectivity index (χ3n) is 1.50. The maximum Gasteiger partial charge on any atom is 0.211 e. The number of nitrogens with one attached hydrogen (secondary N) is 1. The Balaban J connectivity index is 3.88. The van der Waals surface area contributed by atoms with Crippen molar-refractivity contribution < 1.29 is 8.42 Å². The number of rotatable bonds is 6. The molecule has 12 heavy (non-hydrogen) atoms. The molecule has 3 N–H and O–H groups in total. The number of sulfonamides is 1. The van der Waals surface area contributed by atoms with Crippen LogP contribution in [0.5, 0.6) is 0 Å². The van der Waals surface area contributed by atoms with Gasteiger partial charge in [0.05, 0.1) is 5.75 Å². The van der Waals surface area contributed by atoms with Gasteiger partial charge in [-0.05, 0) is 13.3 Å². The van der Waals surface area contributed by atoms with Gasteiger partial charge in [-0.3, -0.25) is 0 Å². The SMILES string of the molecule is CCCCS(=O)(=O)N[C@H](C)CN. The molecule has 0 spiro atoms. The molecule has 0 aromatic rings. The van der Waals surface area contributed by atoms with E-state index in [0.29, 0.717) is 13.0 Å². The van der Waals surface area contributed by atoms with Crippen molar-refractivity contribution in [2.24, 2.45) is 5.73 Å². The van der Waals surface area contributed by atoms with Crippen LogP contribution in [-0.2, 0) is 10.0 Å². The van der Waals surface area contributed by atoms with Crippen LogP contribution in [0, 0.1) is 0 Å². The summed E-state index contributed by atoms with van der Waals surface area (Å²) in [5.41, 5.74) is 5.28. The van der Waals surface area contributed by atoms with Gasteiger partial charge >= 0.3 is 0 Å². The third-order valence-corrected chi connectivity index (χ3v) is 3.09. The highest BCUT2D eigenvalue weighted by Gasteiger charge is 2.11. The van der Waals surface area contributed by atoms with Crippen LogP contribution >= 0.6 is 0 Å². The second-order valence-corrected chi connectivity index (χ2v) is 4.80. The minimum absolute atomic E-state index is 0.160. The van der Waals surface area contributed by atoms with Crippen LogP contribution in [0.15, 0.2) is 0 Å². The molecule has 0 aliphatic carbocycles. The molecule has 0 unspecified atom stereocenters. The van der Waals surface area contributed by atoms with Crippen molar-refractivity contribution in [3.05, 3.63) is 0 Å². The summed E-state index contributed by atoms with van der Waals surface area (Å²) in [5.74, 6) is 0.202. The lowest BCUT2D eigenvalue weighted by Crippen LogP contribution is -2.38. The van der Waals surface area contributed by atoms with E-state index in [0.717, 1.165) is 6.42 Å².